The van der Waals surface area contributed by atoms with Crippen molar-refractivity contribution in [1.29, 1.82) is 0 Å². The summed E-state index contributed by atoms with van der Waals surface area (Å²) in [5.74, 6) is -1.39. The van der Waals surface area contributed by atoms with Crippen LogP contribution in [0.3, 0.4) is 0 Å². The molecule has 0 aliphatic carbocycles. The van der Waals surface area contributed by atoms with Crippen molar-refractivity contribution >= 4 is 33.5 Å². The number of anilines is 1. The molecule has 9 nitrogen and oxygen atoms in total. The van der Waals surface area contributed by atoms with Crippen LogP contribution in [-0.4, -0.2) is 54.1 Å². The van der Waals surface area contributed by atoms with Crippen molar-refractivity contribution in [3.63, 3.8) is 0 Å². The van der Waals surface area contributed by atoms with Crippen LogP contribution in [0.25, 0.3) is 5.76 Å². The third-order valence-electron chi connectivity index (χ3n) is 7.41. The van der Waals surface area contributed by atoms with Gasteiger partial charge < -0.3 is 10.1 Å². The Morgan fingerprint density at radius 1 is 1.02 bits per heavy atom. The SMILES string of the molecule is CCC1CCCCN1Cc1ccc(C(=O)OC2=C(C(=O)Nc3ccccn3)N(C)S(=O)(=O)c3ccccc32)cc1. The number of sulfonamides is 1. The number of likely N-dealkylation sites (N-methyl/N-ethyl adjacent to an activating group) is 1. The molecule has 1 amide bonds. The highest BCUT2D eigenvalue weighted by Crippen LogP contribution is 2.37. The summed E-state index contributed by atoms with van der Waals surface area (Å²) in [6.07, 6.45) is 6.27. The van der Waals surface area contributed by atoms with Crippen LogP contribution in [0.1, 0.15) is 54.1 Å². The molecule has 2 aliphatic rings. The van der Waals surface area contributed by atoms with Crippen molar-refractivity contribution in [3.05, 3.63) is 95.3 Å². The van der Waals surface area contributed by atoms with Gasteiger partial charge in [0.05, 0.1) is 10.5 Å². The monoisotopic (exact) mass is 560 g/mol. The summed E-state index contributed by atoms with van der Waals surface area (Å²) < 4.78 is 33.2. The van der Waals surface area contributed by atoms with Gasteiger partial charge >= 0.3 is 5.97 Å². The molecule has 1 atom stereocenters. The number of hydrogen-bond acceptors (Lipinski definition) is 7. The first-order valence-corrected chi connectivity index (χ1v) is 14.8. The molecule has 3 aromatic rings. The molecule has 40 heavy (non-hydrogen) atoms. The van der Waals surface area contributed by atoms with Gasteiger partial charge in [-0.25, -0.2) is 18.2 Å². The molecule has 1 unspecified atom stereocenters. The number of carbonyl (C=O) groups excluding carboxylic acids is 2. The Morgan fingerprint density at radius 2 is 1.77 bits per heavy atom. The second-order valence-electron chi connectivity index (χ2n) is 9.93. The summed E-state index contributed by atoms with van der Waals surface area (Å²) in [7, 11) is -2.81. The molecule has 1 N–H and O–H groups in total. The predicted octanol–water partition coefficient (Wildman–Crippen LogP) is 4.64. The number of rotatable bonds is 7. The van der Waals surface area contributed by atoms with Gasteiger partial charge in [0.1, 0.15) is 5.82 Å². The quantitative estimate of drug-likeness (QED) is 0.419. The highest BCUT2D eigenvalue weighted by atomic mass is 32.2. The molecule has 208 valence electrons. The maximum absolute atomic E-state index is 13.4. The van der Waals surface area contributed by atoms with Gasteiger partial charge in [0.15, 0.2) is 11.5 Å². The van der Waals surface area contributed by atoms with Gasteiger partial charge in [0.25, 0.3) is 15.9 Å². The summed E-state index contributed by atoms with van der Waals surface area (Å²) in [5, 5.41) is 2.60. The first kappa shape index (κ1) is 27.5. The fourth-order valence-electron chi connectivity index (χ4n) is 5.24. The fraction of sp³-hybridized carbons (Fsp3) is 0.300. The molecule has 3 heterocycles. The summed E-state index contributed by atoms with van der Waals surface area (Å²) in [6.45, 7) is 4.09. The molecule has 1 saturated heterocycles. The van der Waals surface area contributed by atoms with Gasteiger partial charge in [-0.1, -0.05) is 43.7 Å². The van der Waals surface area contributed by atoms with E-state index < -0.39 is 21.9 Å². The van der Waals surface area contributed by atoms with Crippen molar-refractivity contribution in [2.24, 2.45) is 0 Å². The zero-order valence-electron chi connectivity index (χ0n) is 22.5. The molecule has 1 aromatic heterocycles. The number of carbonyl (C=O) groups is 2. The minimum absolute atomic E-state index is 0.0583. The van der Waals surface area contributed by atoms with Crippen LogP contribution in [0, 0.1) is 0 Å². The molecule has 0 radical (unpaired) electrons. The first-order chi connectivity index (χ1) is 19.3. The van der Waals surface area contributed by atoms with Crippen molar-refractivity contribution in [2.75, 3.05) is 18.9 Å². The molecule has 0 saturated carbocycles. The molecule has 2 aliphatic heterocycles. The van der Waals surface area contributed by atoms with Crippen LogP contribution in [0.5, 0.6) is 0 Å². The third-order valence-corrected chi connectivity index (χ3v) is 9.23. The number of nitrogens with zero attached hydrogens (tertiary/aromatic N) is 3. The summed E-state index contributed by atoms with van der Waals surface area (Å²) in [6, 6.07) is 18.9. The Hall–Kier alpha value is -4.02. The number of pyridine rings is 1. The second-order valence-corrected chi connectivity index (χ2v) is 11.9. The average Bonchev–Trinajstić information content (AvgIpc) is 2.97. The topological polar surface area (TPSA) is 109 Å². The van der Waals surface area contributed by atoms with Crippen LogP contribution < -0.4 is 5.32 Å². The van der Waals surface area contributed by atoms with Gasteiger partial charge in [-0.05, 0) is 67.8 Å². The van der Waals surface area contributed by atoms with E-state index >= 15 is 0 Å². The van der Waals surface area contributed by atoms with E-state index in [2.05, 4.69) is 22.1 Å². The van der Waals surface area contributed by atoms with Gasteiger partial charge in [-0.2, -0.15) is 0 Å². The number of aromatic nitrogens is 1. The lowest BCUT2D eigenvalue weighted by Crippen LogP contribution is -2.38. The Bertz CT molecular complexity index is 1540. The zero-order valence-corrected chi connectivity index (χ0v) is 23.4. The van der Waals surface area contributed by atoms with Crippen molar-refractivity contribution in [1.82, 2.24) is 14.2 Å². The summed E-state index contributed by atoms with van der Waals surface area (Å²) in [4.78, 5) is 33.2. The van der Waals surface area contributed by atoms with Crippen molar-refractivity contribution in [3.8, 4) is 0 Å². The second kappa shape index (κ2) is 11.6. The molecule has 0 bridgehead atoms. The number of ether oxygens (including phenoxy) is 1. The number of esters is 1. The van der Waals surface area contributed by atoms with E-state index in [1.807, 2.05) is 12.1 Å². The zero-order chi connectivity index (χ0) is 28.3. The number of nitrogens with one attached hydrogen (secondary N) is 1. The number of hydrogen-bond donors (Lipinski definition) is 1. The third kappa shape index (κ3) is 5.50. The largest absolute Gasteiger partial charge is 0.420 e. The van der Waals surface area contributed by atoms with Gasteiger partial charge in [-0.15, -0.1) is 0 Å². The van der Waals surface area contributed by atoms with Crippen LogP contribution in [-0.2, 0) is 26.1 Å². The molecule has 2 aromatic carbocycles. The van der Waals surface area contributed by atoms with Crippen LogP contribution in [0.15, 0.2) is 83.5 Å². The average molecular weight is 561 g/mol. The molecular formula is C30H32N4O5S. The Balaban J connectivity index is 1.44. The Morgan fingerprint density at radius 3 is 2.50 bits per heavy atom. The highest BCUT2D eigenvalue weighted by Gasteiger charge is 2.39. The van der Waals surface area contributed by atoms with Crippen molar-refractivity contribution in [2.45, 2.75) is 50.1 Å². The summed E-state index contributed by atoms with van der Waals surface area (Å²) in [5.41, 5.74) is 1.21. The number of amides is 1. The molecule has 5 rings (SSSR count). The predicted molar refractivity (Wildman–Crippen MR) is 151 cm³/mol. The Kier molecular flexibility index (Phi) is 7.99. The van der Waals surface area contributed by atoms with Crippen LogP contribution in [0.4, 0.5) is 5.82 Å². The maximum atomic E-state index is 13.4. The number of fused-ring (bicyclic) bond motifs is 1. The normalized spacial score (nSPS) is 18.6. The molecule has 10 heteroatoms. The van der Waals surface area contributed by atoms with E-state index in [-0.39, 0.29) is 27.7 Å². The summed E-state index contributed by atoms with van der Waals surface area (Å²) >= 11 is 0. The minimum Gasteiger partial charge on any atom is -0.420 e. The van der Waals surface area contributed by atoms with Gasteiger partial charge in [0, 0.05) is 31.4 Å². The first-order valence-electron chi connectivity index (χ1n) is 13.4. The highest BCUT2D eigenvalue weighted by molar-refractivity contribution is 7.89. The number of likely N-dealkylation sites (tertiary alicyclic amines) is 1. The lowest BCUT2D eigenvalue weighted by molar-refractivity contribution is -0.113. The van der Waals surface area contributed by atoms with E-state index in [4.69, 9.17) is 4.74 Å². The molecule has 0 spiro atoms. The minimum atomic E-state index is -4.07. The number of benzene rings is 2. The van der Waals surface area contributed by atoms with E-state index in [1.54, 1.807) is 42.5 Å². The lowest BCUT2D eigenvalue weighted by atomic mass is 9.99. The van der Waals surface area contributed by atoms with Crippen molar-refractivity contribution < 1.29 is 22.7 Å². The van der Waals surface area contributed by atoms with Gasteiger partial charge in [-0.3, -0.25) is 14.0 Å². The standard InChI is InChI=1S/C30H32N4O5S/c1-3-23-10-7-9-19-34(23)20-21-14-16-22(17-15-21)30(36)39-28-24-11-4-5-12-25(24)40(37,38)33(2)27(28)29(35)32-26-13-6-8-18-31-26/h4-6,8,11-18,23H,3,7,9-10,19-20H2,1-2H3,(H,31,32,35). The lowest BCUT2D eigenvalue weighted by Gasteiger charge is -2.35. The van der Waals surface area contributed by atoms with Crippen LogP contribution >= 0.6 is 0 Å². The maximum Gasteiger partial charge on any atom is 0.343 e. The van der Waals surface area contributed by atoms with E-state index in [9.17, 15) is 18.0 Å². The van der Waals surface area contributed by atoms with E-state index in [0.717, 1.165) is 29.4 Å². The number of piperidine rings is 1. The smallest absolute Gasteiger partial charge is 0.343 e. The molecular weight excluding hydrogens is 528 g/mol. The van der Waals surface area contributed by atoms with E-state index in [1.165, 1.54) is 44.6 Å². The Labute approximate surface area is 234 Å². The van der Waals surface area contributed by atoms with Crippen LogP contribution in [0.2, 0.25) is 0 Å². The van der Waals surface area contributed by atoms with Gasteiger partial charge in [0.2, 0.25) is 0 Å². The van der Waals surface area contributed by atoms with E-state index in [0.29, 0.717) is 11.6 Å². The molecule has 1 fully saturated rings. The fourth-order valence-corrected chi connectivity index (χ4v) is 6.63.